The molecule has 138 valence electrons. The van der Waals surface area contributed by atoms with E-state index in [9.17, 15) is 4.79 Å². The lowest BCUT2D eigenvalue weighted by molar-refractivity contribution is 0.100. The minimum absolute atomic E-state index is 0.450. The second kappa shape index (κ2) is 7.16. The number of benzene rings is 1. The van der Waals surface area contributed by atoms with Crippen molar-refractivity contribution in [2.24, 2.45) is 5.73 Å². The molecular formula is C19H21N7O. The van der Waals surface area contributed by atoms with Gasteiger partial charge in [0, 0.05) is 28.9 Å². The molecule has 3 aromatic rings. The van der Waals surface area contributed by atoms with Crippen LogP contribution in [-0.4, -0.2) is 32.6 Å². The molecule has 0 spiro atoms. The Morgan fingerprint density at radius 3 is 2.78 bits per heavy atom. The zero-order chi connectivity index (χ0) is 18.8. The Morgan fingerprint density at radius 1 is 1.26 bits per heavy atom. The third-order valence-corrected chi connectivity index (χ3v) is 4.56. The number of carbonyl (C=O) groups is 1. The molecule has 8 heteroatoms. The molecule has 0 fully saturated rings. The molecule has 2 aromatic heterocycles. The Hall–Kier alpha value is -3.26. The fourth-order valence-electron chi connectivity index (χ4n) is 3.16. The summed E-state index contributed by atoms with van der Waals surface area (Å²) in [6.07, 6.45) is 0.873. The van der Waals surface area contributed by atoms with E-state index in [4.69, 9.17) is 15.7 Å². The summed E-state index contributed by atoms with van der Waals surface area (Å²) in [7, 11) is 0. The monoisotopic (exact) mass is 363 g/mol. The Labute approximate surface area is 156 Å². The molecule has 4 rings (SSSR count). The second-order valence-corrected chi connectivity index (χ2v) is 6.59. The quantitative estimate of drug-likeness (QED) is 0.545. The fourth-order valence-corrected chi connectivity index (χ4v) is 3.16. The van der Waals surface area contributed by atoms with Gasteiger partial charge in [-0.2, -0.15) is 5.10 Å². The number of nitrogens with two attached hydrogens (primary N) is 1. The van der Waals surface area contributed by atoms with Crippen LogP contribution in [-0.2, 0) is 19.5 Å². The van der Waals surface area contributed by atoms with Crippen LogP contribution in [0.4, 0.5) is 5.82 Å². The standard InChI is InChI=1S/C19H21N7O/c1-11-8-14(26-25-11)9-22-19-15-6-7-21-10-16(15)23-18(24-19)13-4-2-12(3-5-13)17(20)27/h2-5,8,21H,6-7,9-10H2,1H3,(H2,20,27)(H,25,26)(H,22,23,24). The number of carbonyl (C=O) groups excluding carboxylic acids is 1. The Kier molecular flexibility index (Phi) is 4.55. The number of aromatic nitrogens is 4. The number of hydrogen-bond acceptors (Lipinski definition) is 6. The maximum atomic E-state index is 11.3. The molecular weight excluding hydrogens is 342 g/mol. The van der Waals surface area contributed by atoms with E-state index in [1.54, 1.807) is 12.1 Å². The molecule has 0 saturated carbocycles. The molecule has 1 amide bonds. The number of nitrogens with zero attached hydrogens (tertiary/aromatic N) is 3. The van der Waals surface area contributed by atoms with Gasteiger partial charge in [0.15, 0.2) is 5.82 Å². The van der Waals surface area contributed by atoms with Gasteiger partial charge in [-0.3, -0.25) is 9.89 Å². The van der Waals surface area contributed by atoms with Gasteiger partial charge in [0.1, 0.15) is 5.82 Å². The third kappa shape index (κ3) is 3.65. The van der Waals surface area contributed by atoms with Crippen molar-refractivity contribution in [1.29, 1.82) is 0 Å². The number of aryl methyl sites for hydroxylation is 1. The SMILES string of the molecule is Cc1cc(CNc2nc(-c3ccc(C(N)=O)cc3)nc3c2CCNC3)n[nH]1. The van der Waals surface area contributed by atoms with E-state index in [-0.39, 0.29) is 0 Å². The minimum Gasteiger partial charge on any atom is -0.366 e. The van der Waals surface area contributed by atoms with Gasteiger partial charge in [-0.05, 0) is 38.1 Å². The maximum absolute atomic E-state index is 11.3. The number of amides is 1. The topological polar surface area (TPSA) is 122 Å². The zero-order valence-corrected chi connectivity index (χ0v) is 15.0. The van der Waals surface area contributed by atoms with Crippen LogP contribution in [0.3, 0.4) is 0 Å². The molecule has 0 unspecified atom stereocenters. The maximum Gasteiger partial charge on any atom is 0.248 e. The first kappa shape index (κ1) is 17.2. The lowest BCUT2D eigenvalue weighted by Gasteiger charge is -2.20. The highest BCUT2D eigenvalue weighted by molar-refractivity contribution is 5.93. The van der Waals surface area contributed by atoms with Crippen LogP contribution in [0.25, 0.3) is 11.4 Å². The molecule has 3 heterocycles. The highest BCUT2D eigenvalue weighted by Crippen LogP contribution is 2.25. The predicted molar refractivity (Wildman–Crippen MR) is 102 cm³/mol. The zero-order valence-electron chi connectivity index (χ0n) is 15.0. The molecule has 0 radical (unpaired) electrons. The van der Waals surface area contributed by atoms with Crippen LogP contribution >= 0.6 is 0 Å². The highest BCUT2D eigenvalue weighted by atomic mass is 16.1. The number of H-pyrrole nitrogens is 1. The molecule has 0 bridgehead atoms. The van der Waals surface area contributed by atoms with Crippen molar-refractivity contribution < 1.29 is 4.79 Å². The van der Waals surface area contributed by atoms with E-state index in [2.05, 4.69) is 20.8 Å². The molecule has 1 aromatic carbocycles. The molecule has 0 saturated heterocycles. The normalized spacial score (nSPS) is 13.2. The average Bonchev–Trinajstić information content (AvgIpc) is 3.11. The first-order chi connectivity index (χ1) is 13.1. The molecule has 27 heavy (non-hydrogen) atoms. The molecule has 1 aliphatic rings. The van der Waals surface area contributed by atoms with Crippen LogP contribution < -0.4 is 16.4 Å². The summed E-state index contributed by atoms with van der Waals surface area (Å²) in [5.74, 6) is 0.999. The number of fused-ring (bicyclic) bond motifs is 1. The summed E-state index contributed by atoms with van der Waals surface area (Å²) >= 11 is 0. The average molecular weight is 363 g/mol. The number of aromatic amines is 1. The van der Waals surface area contributed by atoms with Crippen molar-refractivity contribution in [3.05, 3.63) is 58.5 Å². The van der Waals surface area contributed by atoms with E-state index in [1.807, 2.05) is 25.1 Å². The van der Waals surface area contributed by atoms with Gasteiger partial charge in [-0.1, -0.05) is 12.1 Å². The van der Waals surface area contributed by atoms with Crippen LogP contribution in [0.15, 0.2) is 30.3 Å². The number of rotatable bonds is 5. The van der Waals surface area contributed by atoms with Crippen LogP contribution in [0, 0.1) is 6.92 Å². The number of hydrogen-bond donors (Lipinski definition) is 4. The largest absolute Gasteiger partial charge is 0.366 e. The molecule has 1 aliphatic heterocycles. The second-order valence-electron chi connectivity index (χ2n) is 6.59. The summed E-state index contributed by atoms with van der Waals surface area (Å²) in [6.45, 7) is 4.17. The smallest absolute Gasteiger partial charge is 0.248 e. The van der Waals surface area contributed by atoms with Crippen molar-refractivity contribution in [1.82, 2.24) is 25.5 Å². The van der Waals surface area contributed by atoms with E-state index in [1.165, 1.54) is 0 Å². The highest BCUT2D eigenvalue weighted by Gasteiger charge is 2.18. The summed E-state index contributed by atoms with van der Waals surface area (Å²) < 4.78 is 0. The van der Waals surface area contributed by atoms with Gasteiger partial charge in [-0.15, -0.1) is 0 Å². The summed E-state index contributed by atoms with van der Waals surface area (Å²) in [6, 6.07) is 9.03. The first-order valence-corrected chi connectivity index (χ1v) is 8.85. The fraction of sp³-hybridized carbons (Fsp3) is 0.263. The van der Waals surface area contributed by atoms with Gasteiger partial charge in [0.25, 0.3) is 0 Å². The van der Waals surface area contributed by atoms with Crippen molar-refractivity contribution in [2.45, 2.75) is 26.4 Å². The Balaban J connectivity index is 1.67. The van der Waals surface area contributed by atoms with Gasteiger partial charge in [0.05, 0.1) is 17.9 Å². The van der Waals surface area contributed by atoms with Gasteiger partial charge < -0.3 is 16.4 Å². The molecule has 0 aliphatic carbocycles. The van der Waals surface area contributed by atoms with Crippen molar-refractivity contribution >= 4 is 11.7 Å². The van der Waals surface area contributed by atoms with Crippen LogP contribution in [0.1, 0.15) is 33.0 Å². The van der Waals surface area contributed by atoms with Crippen molar-refractivity contribution in [3.8, 4) is 11.4 Å². The lowest BCUT2D eigenvalue weighted by Crippen LogP contribution is -2.26. The van der Waals surface area contributed by atoms with Gasteiger partial charge in [-0.25, -0.2) is 9.97 Å². The minimum atomic E-state index is -0.450. The molecule has 5 N–H and O–H groups in total. The number of primary amides is 1. The first-order valence-electron chi connectivity index (χ1n) is 8.85. The molecule has 8 nitrogen and oxygen atoms in total. The lowest BCUT2D eigenvalue weighted by atomic mass is 10.1. The van der Waals surface area contributed by atoms with Crippen molar-refractivity contribution in [2.75, 3.05) is 11.9 Å². The predicted octanol–water partition coefficient (Wildman–Crippen LogP) is 1.53. The van der Waals surface area contributed by atoms with E-state index in [0.717, 1.165) is 47.0 Å². The summed E-state index contributed by atoms with van der Waals surface area (Å²) in [5.41, 5.74) is 10.7. The Morgan fingerprint density at radius 2 is 2.07 bits per heavy atom. The van der Waals surface area contributed by atoms with Gasteiger partial charge in [0.2, 0.25) is 5.91 Å². The Bertz CT molecular complexity index is 978. The third-order valence-electron chi connectivity index (χ3n) is 4.56. The van der Waals surface area contributed by atoms with Crippen molar-refractivity contribution in [3.63, 3.8) is 0 Å². The van der Waals surface area contributed by atoms with Crippen LogP contribution in [0.5, 0.6) is 0 Å². The van der Waals surface area contributed by atoms with E-state index in [0.29, 0.717) is 24.5 Å². The van der Waals surface area contributed by atoms with Gasteiger partial charge >= 0.3 is 0 Å². The molecule has 0 atom stereocenters. The summed E-state index contributed by atoms with van der Waals surface area (Å²) in [4.78, 5) is 20.8. The summed E-state index contributed by atoms with van der Waals surface area (Å²) in [5, 5.41) is 14.0. The number of anilines is 1. The van der Waals surface area contributed by atoms with E-state index >= 15 is 0 Å². The van der Waals surface area contributed by atoms with E-state index < -0.39 is 5.91 Å². The van der Waals surface area contributed by atoms with Crippen LogP contribution in [0.2, 0.25) is 0 Å². The number of nitrogens with one attached hydrogen (secondary N) is 3.